The summed E-state index contributed by atoms with van der Waals surface area (Å²) in [6, 6.07) is 11.1. The van der Waals surface area contributed by atoms with Gasteiger partial charge in [0.25, 0.3) is 5.91 Å². The summed E-state index contributed by atoms with van der Waals surface area (Å²) in [5.41, 5.74) is 1.38. The van der Waals surface area contributed by atoms with Crippen LogP contribution in [0.25, 0.3) is 0 Å². The number of carbonyl (C=O) groups is 2. The van der Waals surface area contributed by atoms with Gasteiger partial charge in [0, 0.05) is 42.3 Å². The van der Waals surface area contributed by atoms with Crippen molar-refractivity contribution in [3.8, 4) is 5.75 Å². The van der Waals surface area contributed by atoms with Gasteiger partial charge in [-0.05, 0) is 56.7 Å². The molecule has 0 radical (unpaired) electrons. The number of benzene rings is 2. The number of sulfonamides is 1. The van der Waals surface area contributed by atoms with E-state index in [9.17, 15) is 22.4 Å². The van der Waals surface area contributed by atoms with Crippen molar-refractivity contribution in [1.29, 1.82) is 0 Å². The fourth-order valence-corrected chi connectivity index (χ4v) is 4.85. The maximum atomic E-state index is 13.2. The number of halogens is 2. The monoisotopic (exact) mass is 539 g/mol. The Kier molecular flexibility index (Phi) is 9.32. The number of ether oxygens (including phenoxy) is 1. The predicted octanol–water partition coefficient (Wildman–Crippen LogP) is 2.99. The highest BCUT2D eigenvalue weighted by atomic mass is 35.5. The third-order valence-corrected chi connectivity index (χ3v) is 7.64. The minimum absolute atomic E-state index is 0.0625. The van der Waals surface area contributed by atoms with Gasteiger partial charge in [0.05, 0.1) is 12.2 Å². The van der Waals surface area contributed by atoms with Gasteiger partial charge in [-0.15, -0.1) is 0 Å². The Bertz CT molecular complexity index is 1190. The molecule has 36 heavy (non-hydrogen) atoms. The summed E-state index contributed by atoms with van der Waals surface area (Å²) < 4.78 is 44.3. The molecule has 2 aromatic carbocycles. The van der Waals surface area contributed by atoms with Crippen molar-refractivity contribution in [2.75, 3.05) is 25.4 Å². The SMILES string of the molecule is CCS(=O)(=O)NC(=O)Cc1cc(Cl)ccc1OCC(=O)N1C[C@H](C)N(Cc2ccc(F)cc2)C[C@H]1C. The van der Waals surface area contributed by atoms with Gasteiger partial charge in [-0.2, -0.15) is 0 Å². The smallest absolute Gasteiger partial charge is 0.260 e. The van der Waals surface area contributed by atoms with Crippen molar-refractivity contribution < 1.29 is 27.1 Å². The second kappa shape index (κ2) is 12.0. The lowest BCUT2D eigenvalue weighted by Crippen LogP contribution is -2.58. The number of piperazine rings is 1. The van der Waals surface area contributed by atoms with Gasteiger partial charge in [-0.1, -0.05) is 23.7 Å². The van der Waals surface area contributed by atoms with E-state index >= 15 is 0 Å². The van der Waals surface area contributed by atoms with Crippen molar-refractivity contribution in [1.82, 2.24) is 14.5 Å². The minimum atomic E-state index is -3.69. The summed E-state index contributed by atoms with van der Waals surface area (Å²) in [6.07, 6.45) is -0.265. The molecule has 0 bridgehead atoms. The highest BCUT2D eigenvalue weighted by Crippen LogP contribution is 2.24. The molecule has 1 N–H and O–H groups in total. The average Bonchev–Trinajstić information content (AvgIpc) is 2.81. The first kappa shape index (κ1) is 27.9. The van der Waals surface area contributed by atoms with E-state index in [0.29, 0.717) is 30.2 Å². The normalized spacial score (nSPS) is 18.6. The number of nitrogens with one attached hydrogen (secondary N) is 1. The molecule has 2 atom stereocenters. The van der Waals surface area contributed by atoms with E-state index in [-0.39, 0.29) is 48.3 Å². The molecular formula is C25H31ClFN3O5S. The third-order valence-electron chi connectivity index (χ3n) is 6.11. The molecule has 1 saturated heterocycles. The Morgan fingerprint density at radius 3 is 2.47 bits per heavy atom. The van der Waals surface area contributed by atoms with Crippen LogP contribution in [0.4, 0.5) is 4.39 Å². The predicted molar refractivity (Wildman–Crippen MR) is 136 cm³/mol. The van der Waals surface area contributed by atoms with Crippen LogP contribution in [0.15, 0.2) is 42.5 Å². The van der Waals surface area contributed by atoms with Crippen molar-refractivity contribution in [2.45, 2.75) is 45.8 Å². The van der Waals surface area contributed by atoms with Crippen molar-refractivity contribution in [3.05, 3.63) is 64.4 Å². The largest absolute Gasteiger partial charge is 0.483 e. The second-order valence-corrected chi connectivity index (χ2v) is 11.4. The van der Waals surface area contributed by atoms with Crippen molar-refractivity contribution in [2.24, 2.45) is 0 Å². The van der Waals surface area contributed by atoms with Gasteiger partial charge in [-0.3, -0.25) is 19.2 Å². The first-order chi connectivity index (χ1) is 17.0. The Labute approximate surface area is 216 Å². The fraction of sp³-hybridized carbons (Fsp3) is 0.440. The van der Waals surface area contributed by atoms with Gasteiger partial charge < -0.3 is 9.64 Å². The van der Waals surface area contributed by atoms with E-state index in [1.807, 2.05) is 18.6 Å². The number of rotatable bonds is 9. The van der Waals surface area contributed by atoms with Crippen LogP contribution in [-0.4, -0.2) is 67.6 Å². The summed E-state index contributed by atoms with van der Waals surface area (Å²) in [4.78, 5) is 29.2. The van der Waals surface area contributed by atoms with Crippen LogP contribution < -0.4 is 9.46 Å². The van der Waals surface area contributed by atoms with E-state index in [1.165, 1.54) is 25.1 Å². The molecule has 1 aliphatic heterocycles. The molecule has 2 amide bonds. The van der Waals surface area contributed by atoms with Crippen LogP contribution in [0, 0.1) is 5.82 Å². The van der Waals surface area contributed by atoms with Crippen molar-refractivity contribution in [3.63, 3.8) is 0 Å². The molecule has 11 heteroatoms. The zero-order chi connectivity index (χ0) is 26.5. The van der Waals surface area contributed by atoms with Crippen molar-refractivity contribution >= 4 is 33.4 Å². The van der Waals surface area contributed by atoms with Gasteiger partial charge in [0.2, 0.25) is 15.9 Å². The zero-order valence-electron chi connectivity index (χ0n) is 20.5. The van der Waals surface area contributed by atoms with Crippen LogP contribution in [0.3, 0.4) is 0 Å². The molecule has 0 spiro atoms. The Balaban J connectivity index is 1.60. The van der Waals surface area contributed by atoms with Gasteiger partial charge in [-0.25, -0.2) is 12.8 Å². The second-order valence-electron chi connectivity index (χ2n) is 8.95. The molecule has 1 fully saturated rings. The third kappa shape index (κ3) is 7.65. The molecule has 196 valence electrons. The van der Waals surface area contributed by atoms with Gasteiger partial charge in [0.1, 0.15) is 11.6 Å². The quantitative estimate of drug-likeness (QED) is 0.526. The maximum Gasteiger partial charge on any atom is 0.260 e. The van der Waals surface area contributed by atoms with Crippen LogP contribution in [0.5, 0.6) is 5.75 Å². The highest BCUT2D eigenvalue weighted by molar-refractivity contribution is 7.90. The molecule has 2 aromatic rings. The van der Waals surface area contributed by atoms with Gasteiger partial charge >= 0.3 is 0 Å². The summed E-state index contributed by atoms with van der Waals surface area (Å²) in [6.45, 7) is 7.02. The molecule has 1 aliphatic rings. The lowest BCUT2D eigenvalue weighted by Gasteiger charge is -2.44. The van der Waals surface area contributed by atoms with Gasteiger partial charge in [0.15, 0.2) is 6.61 Å². The van der Waals surface area contributed by atoms with E-state index in [0.717, 1.165) is 5.56 Å². The molecule has 3 rings (SSSR count). The van der Waals surface area contributed by atoms with Crippen LogP contribution in [0.1, 0.15) is 31.9 Å². The first-order valence-electron chi connectivity index (χ1n) is 11.7. The Hall–Kier alpha value is -2.69. The zero-order valence-corrected chi connectivity index (χ0v) is 22.1. The molecule has 0 saturated carbocycles. The molecule has 0 unspecified atom stereocenters. The summed E-state index contributed by atoms with van der Waals surface area (Å²) in [5, 5.41) is 0.356. The Morgan fingerprint density at radius 2 is 1.81 bits per heavy atom. The molecule has 1 heterocycles. The molecule has 8 nitrogen and oxygen atoms in total. The number of hydrogen-bond donors (Lipinski definition) is 1. The first-order valence-corrected chi connectivity index (χ1v) is 13.7. The van der Waals surface area contributed by atoms with E-state index in [2.05, 4.69) is 4.90 Å². The average molecular weight is 540 g/mol. The van der Waals surface area contributed by atoms with E-state index in [4.69, 9.17) is 16.3 Å². The molecule has 0 aliphatic carbocycles. The molecule has 0 aromatic heterocycles. The lowest BCUT2D eigenvalue weighted by atomic mass is 10.1. The maximum absolute atomic E-state index is 13.2. The minimum Gasteiger partial charge on any atom is -0.483 e. The van der Waals surface area contributed by atoms with Crippen LogP contribution in [0.2, 0.25) is 5.02 Å². The summed E-state index contributed by atoms with van der Waals surface area (Å²) in [7, 11) is -3.69. The van der Waals surface area contributed by atoms with E-state index in [1.54, 1.807) is 29.2 Å². The highest BCUT2D eigenvalue weighted by Gasteiger charge is 2.32. The van der Waals surface area contributed by atoms with Crippen LogP contribution >= 0.6 is 11.6 Å². The van der Waals surface area contributed by atoms with E-state index < -0.39 is 15.9 Å². The standard InChI is InChI=1S/C25H31ClFN3O5S/c1-4-36(33,34)28-24(31)12-20-11-21(26)7-10-23(20)35-16-25(32)30-14-17(2)29(13-18(30)3)15-19-5-8-22(27)9-6-19/h5-11,17-18H,4,12-16H2,1-3H3,(H,28,31)/t17-,18+/m0/s1. The van der Waals surface area contributed by atoms with Crippen LogP contribution in [-0.2, 0) is 32.6 Å². The number of amides is 2. The summed E-state index contributed by atoms with van der Waals surface area (Å²) >= 11 is 6.06. The number of carbonyl (C=O) groups excluding carboxylic acids is 2. The summed E-state index contributed by atoms with van der Waals surface area (Å²) in [5.74, 6) is -1.12. The topological polar surface area (TPSA) is 96.0 Å². The molecular weight excluding hydrogens is 509 g/mol. The fourth-order valence-electron chi connectivity index (χ4n) is 4.09. The number of hydrogen-bond acceptors (Lipinski definition) is 6. The number of nitrogens with zero attached hydrogens (tertiary/aromatic N) is 2. The lowest BCUT2D eigenvalue weighted by molar-refractivity contribution is -0.139. The Morgan fingerprint density at radius 1 is 1.11 bits per heavy atom.